The summed E-state index contributed by atoms with van der Waals surface area (Å²) < 4.78 is 15.0. The molecule has 0 aromatic heterocycles. The van der Waals surface area contributed by atoms with E-state index >= 15 is 0 Å². The summed E-state index contributed by atoms with van der Waals surface area (Å²) in [5.41, 5.74) is -0.481. The molecule has 1 aliphatic carbocycles. The molecule has 1 aromatic carbocycles. The number of carbonyl (C=O) groups excluding carboxylic acids is 5. The average molecular weight is 551 g/mol. The van der Waals surface area contributed by atoms with Crippen LogP contribution in [0.5, 0.6) is 5.75 Å². The first-order chi connectivity index (χ1) is 18.0. The second-order valence-corrected chi connectivity index (χ2v) is 10.8. The first-order valence-electron chi connectivity index (χ1n) is 12.9. The monoisotopic (exact) mass is 550 g/mol. The van der Waals surface area contributed by atoms with Crippen molar-refractivity contribution >= 4 is 40.8 Å². The van der Waals surface area contributed by atoms with Gasteiger partial charge in [-0.15, -0.1) is 0 Å². The highest BCUT2D eigenvalue weighted by atomic mass is 32.2. The molecule has 38 heavy (non-hydrogen) atoms. The Morgan fingerprint density at radius 2 is 1.58 bits per heavy atom. The number of carbonyl (C=O) groups is 5. The maximum atomic E-state index is 13.6. The minimum absolute atomic E-state index is 0.117. The molecule has 0 saturated heterocycles. The Balaban J connectivity index is 2.19. The largest absolute Gasteiger partial charge is 0.513 e. The lowest BCUT2D eigenvalue weighted by atomic mass is 9.94. The zero-order valence-electron chi connectivity index (χ0n) is 22.7. The van der Waals surface area contributed by atoms with Crippen LogP contribution in [0.15, 0.2) is 24.3 Å². The summed E-state index contributed by atoms with van der Waals surface area (Å²) in [5, 5.41) is 4.92. The smallest absolute Gasteiger partial charge is 0.464 e. The first-order valence-corrected chi connectivity index (χ1v) is 13.8. The van der Waals surface area contributed by atoms with E-state index < -0.39 is 34.9 Å². The van der Waals surface area contributed by atoms with Crippen LogP contribution in [-0.4, -0.2) is 59.1 Å². The summed E-state index contributed by atoms with van der Waals surface area (Å²) >= 11 is 0.948. The SMILES string of the molecule is CCOC(=O)Oc1ccc(C[C@H](NC(=O)C2(NC(=O)[C@@H](SC(C)=O)C(C)C)CCCC2)C(=O)OCC)cc1. The van der Waals surface area contributed by atoms with E-state index in [0.717, 1.165) is 24.6 Å². The number of rotatable bonds is 12. The molecule has 210 valence electrons. The highest BCUT2D eigenvalue weighted by molar-refractivity contribution is 8.14. The molecule has 0 aliphatic heterocycles. The van der Waals surface area contributed by atoms with Gasteiger partial charge in [-0.1, -0.05) is 50.6 Å². The quantitative estimate of drug-likeness (QED) is 0.296. The molecule has 2 atom stereocenters. The van der Waals surface area contributed by atoms with Crippen LogP contribution in [-0.2, 0) is 35.1 Å². The number of benzene rings is 1. The molecular weight excluding hydrogens is 512 g/mol. The molecule has 2 amide bonds. The maximum absolute atomic E-state index is 13.6. The molecular formula is C27H38N2O8S. The number of hydrogen-bond donors (Lipinski definition) is 2. The standard InChI is InChI=1S/C27H38N2O8S/c1-6-35-24(32)21(16-19-10-12-20(13-11-19)37-26(34)36-7-2)28-25(33)27(14-8-9-15-27)29-23(31)22(17(3)4)38-18(5)30/h10-13,17,21-22H,6-9,14-16H2,1-5H3,(H,28,33)(H,29,31)/t21-,22-/m0/s1. The van der Waals surface area contributed by atoms with Crippen LogP contribution in [0.4, 0.5) is 4.79 Å². The summed E-state index contributed by atoms with van der Waals surface area (Å²) in [5.74, 6) is -1.27. The summed E-state index contributed by atoms with van der Waals surface area (Å²) in [6.07, 6.45) is 1.65. The lowest BCUT2D eigenvalue weighted by Crippen LogP contribution is -2.61. The number of thioether (sulfide) groups is 1. The lowest BCUT2D eigenvalue weighted by Gasteiger charge is -2.33. The van der Waals surface area contributed by atoms with Crippen molar-refractivity contribution < 1.29 is 38.2 Å². The van der Waals surface area contributed by atoms with Crippen molar-refractivity contribution in [1.82, 2.24) is 10.6 Å². The average Bonchev–Trinajstić information content (AvgIpc) is 3.33. The summed E-state index contributed by atoms with van der Waals surface area (Å²) in [6, 6.07) is 5.47. The summed E-state index contributed by atoms with van der Waals surface area (Å²) in [4.78, 5) is 62.7. The van der Waals surface area contributed by atoms with Crippen molar-refractivity contribution in [2.75, 3.05) is 13.2 Å². The van der Waals surface area contributed by atoms with Crippen molar-refractivity contribution in [3.8, 4) is 5.75 Å². The van der Waals surface area contributed by atoms with Gasteiger partial charge in [0.15, 0.2) is 5.12 Å². The molecule has 1 saturated carbocycles. The van der Waals surface area contributed by atoms with E-state index in [4.69, 9.17) is 14.2 Å². The molecule has 0 spiro atoms. The molecule has 0 bridgehead atoms. The Morgan fingerprint density at radius 3 is 2.11 bits per heavy atom. The van der Waals surface area contributed by atoms with Crippen molar-refractivity contribution in [2.45, 2.75) is 83.6 Å². The zero-order chi connectivity index (χ0) is 28.3. The van der Waals surface area contributed by atoms with Gasteiger partial charge in [0, 0.05) is 13.3 Å². The lowest BCUT2D eigenvalue weighted by molar-refractivity contribution is -0.148. The Bertz CT molecular complexity index is 989. The molecule has 11 heteroatoms. The van der Waals surface area contributed by atoms with Crippen LogP contribution in [0, 0.1) is 5.92 Å². The molecule has 10 nitrogen and oxygen atoms in total. The second-order valence-electron chi connectivity index (χ2n) is 9.46. The number of ether oxygens (including phenoxy) is 3. The fourth-order valence-corrected chi connectivity index (χ4v) is 5.07. The predicted molar refractivity (Wildman–Crippen MR) is 143 cm³/mol. The topological polar surface area (TPSA) is 137 Å². The van der Waals surface area contributed by atoms with E-state index in [1.165, 1.54) is 6.92 Å². The Morgan fingerprint density at radius 1 is 0.974 bits per heavy atom. The molecule has 0 heterocycles. The third-order valence-electron chi connectivity index (χ3n) is 6.11. The van der Waals surface area contributed by atoms with Gasteiger partial charge < -0.3 is 24.8 Å². The van der Waals surface area contributed by atoms with Crippen LogP contribution in [0.2, 0.25) is 0 Å². The van der Waals surface area contributed by atoms with Gasteiger partial charge >= 0.3 is 12.1 Å². The van der Waals surface area contributed by atoms with Gasteiger partial charge in [-0.3, -0.25) is 14.4 Å². The van der Waals surface area contributed by atoms with Crippen molar-refractivity contribution in [3.05, 3.63) is 29.8 Å². The first kappa shape index (κ1) is 31.1. The van der Waals surface area contributed by atoms with Gasteiger partial charge in [-0.2, -0.15) is 0 Å². The third-order valence-corrected chi connectivity index (χ3v) is 7.46. The number of amides is 2. The Labute approximate surface area is 227 Å². The van der Waals surface area contributed by atoms with Gasteiger partial charge in [-0.25, -0.2) is 9.59 Å². The van der Waals surface area contributed by atoms with Crippen molar-refractivity contribution in [3.63, 3.8) is 0 Å². The fraction of sp³-hybridized carbons (Fsp3) is 0.593. The molecule has 0 radical (unpaired) electrons. The zero-order valence-corrected chi connectivity index (χ0v) is 23.5. The number of nitrogens with one attached hydrogen (secondary N) is 2. The number of esters is 1. The fourth-order valence-electron chi connectivity index (χ4n) is 4.27. The molecule has 2 N–H and O–H groups in total. The van der Waals surface area contributed by atoms with Crippen LogP contribution >= 0.6 is 11.8 Å². The normalized spacial score (nSPS) is 15.7. The van der Waals surface area contributed by atoms with Crippen molar-refractivity contribution in [2.24, 2.45) is 5.92 Å². The summed E-state index contributed by atoms with van der Waals surface area (Å²) in [7, 11) is 0. The van der Waals surface area contributed by atoms with E-state index in [2.05, 4.69) is 10.6 Å². The second kappa shape index (κ2) is 14.8. The maximum Gasteiger partial charge on any atom is 0.513 e. The van der Waals surface area contributed by atoms with Crippen LogP contribution in [0.1, 0.15) is 65.9 Å². The number of hydrogen-bond acceptors (Lipinski definition) is 9. The van der Waals surface area contributed by atoms with E-state index in [-0.39, 0.29) is 42.3 Å². The Hall–Kier alpha value is -3.08. The van der Waals surface area contributed by atoms with Gasteiger partial charge in [0.05, 0.1) is 18.5 Å². The summed E-state index contributed by atoms with van der Waals surface area (Å²) in [6.45, 7) is 8.78. The molecule has 1 aromatic rings. The Kier molecular flexibility index (Phi) is 12.1. The van der Waals surface area contributed by atoms with E-state index in [1.807, 2.05) is 13.8 Å². The van der Waals surface area contributed by atoms with E-state index in [1.54, 1.807) is 38.1 Å². The van der Waals surface area contributed by atoms with Crippen LogP contribution in [0.25, 0.3) is 0 Å². The van der Waals surface area contributed by atoms with Crippen LogP contribution in [0.3, 0.4) is 0 Å². The van der Waals surface area contributed by atoms with E-state index in [0.29, 0.717) is 18.4 Å². The molecule has 1 aliphatic rings. The minimum atomic E-state index is -1.18. The molecule has 2 rings (SSSR count). The van der Waals surface area contributed by atoms with E-state index in [9.17, 15) is 24.0 Å². The van der Waals surface area contributed by atoms with Gasteiger partial charge in [0.25, 0.3) is 0 Å². The molecule has 1 fully saturated rings. The van der Waals surface area contributed by atoms with Crippen LogP contribution < -0.4 is 15.4 Å². The van der Waals surface area contributed by atoms with Gasteiger partial charge in [-0.05, 0) is 50.3 Å². The van der Waals surface area contributed by atoms with Gasteiger partial charge in [0.1, 0.15) is 17.3 Å². The molecule has 0 unspecified atom stereocenters. The van der Waals surface area contributed by atoms with Crippen molar-refractivity contribution in [1.29, 1.82) is 0 Å². The third kappa shape index (κ3) is 9.04. The highest BCUT2D eigenvalue weighted by Gasteiger charge is 2.45. The predicted octanol–water partition coefficient (Wildman–Crippen LogP) is 3.55. The minimum Gasteiger partial charge on any atom is -0.464 e. The van der Waals surface area contributed by atoms with Gasteiger partial charge in [0.2, 0.25) is 11.8 Å². The highest BCUT2D eigenvalue weighted by Crippen LogP contribution is 2.32.